The summed E-state index contributed by atoms with van der Waals surface area (Å²) in [6, 6.07) is 8.79. The van der Waals surface area contributed by atoms with Gasteiger partial charge in [0, 0.05) is 18.0 Å². The van der Waals surface area contributed by atoms with Crippen LogP contribution in [0.15, 0.2) is 34.7 Å². The van der Waals surface area contributed by atoms with Crippen molar-refractivity contribution in [3.8, 4) is 5.75 Å². The summed E-state index contributed by atoms with van der Waals surface area (Å²) < 4.78 is 11.4. The Bertz CT molecular complexity index is 1170. The van der Waals surface area contributed by atoms with Crippen molar-refractivity contribution in [2.75, 3.05) is 12.4 Å². The molecule has 0 aliphatic rings. The van der Waals surface area contributed by atoms with Crippen LogP contribution in [0, 0.1) is 6.92 Å². The minimum atomic E-state index is -0.314. The molecule has 1 amide bonds. The minimum Gasteiger partial charge on any atom is -0.495 e. The third-order valence-electron chi connectivity index (χ3n) is 3.88. The third kappa shape index (κ3) is 2.80. The van der Waals surface area contributed by atoms with Crippen LogP contribution < -0.4 is 10.1 Å². The van der Waals surface area contributed by atoms with Crippen molar-refractivity contribution in [3.05, 3.63) is 51.1 Å². The zero-order chi connectivity index (χ0) is 18.4. The molecule has 4 aromatic rings. The number of aryl methyl sites for hydroxylation is 1. The number of nitrogens with one attached hydrogen (secondary N) is 1. The van der Waals surface area contributed by atoms with Crippen LogP contribution in [0.1, 0.15) is 15.6 Å². The first-order valence-electron chi connectivity index (χ1n) is 7.61. The molecular weight excluding hydrogens is 395 g/mol. The van der Waals surface area contributed by atoms with E-state index in [1.54, 1.807) is 37.3 Å². The van der Waals surface area contributed by atoms with Gasteiger partial charge in [-0.3, -0.25) is 4.79 Å². The zero-order valence-electron chi connectivity index (χ0n) is 13.7. The molecule has 8 heteroatoms. The number of anilines is 1. The fourth-order valence-corrected chi connectivity index (χ4v) is 4.48. The Balaban J connectivity index is 1.70. The van der Waals surface area contributed by atoms with E-state index in [-0.39, 0.29) is 5.91 Å². The molecule has 0 aliphatic carbocycles. The lowest BCUT2D eigenvalue weighted by Gasteiger charge is -2.03. The van der Waals surface area contributed by atoms with Crippen LogP contribution in [0.2, 0.25) is 10.0 Å². The lowest BCUT2D eigenvalue weighted by atomic mass is 10.2. The van der Waals surface area contributed by atoms with Gasteiger partial charge in [0.05, 0.1) is 16.8 Å². The number of hydrogen-bond donors (Lipinski definition) is 1. The summed E-state index contributed by atoms with van der Waals surface area (Å²) in [5.41, 5.74) is 1.95. The van der Waals surface area contributed by atoms with Gasteiger partial charge in [-0.25, -0.2) is 4.98 Å². The third-order valence-corrected chi connectivity index (χ3v) is 6.09. The highest BCUT2D eigenvalue weighted by atomic mass is 35.5. The number of thiophene rings is 1. The molecule has 4 rings (SSSR count). The molecular formula is C18H12Cl2N2O3S. The van der Waals surface area contributed by atoms with E-state index in [9.17, 15) is 4.79 Å². The summed E-state index contributed by atoms with van der Waals surface area (Å²) in [7, 11) is 1.54. The number of halogens is 2. The minimum absolute atomic E-state index is 0.314. The van der Waals surface area contributed by atoms with Crippen molar-refractivity contribution in [3.63, 3.8) is 0 Å². The standard InChI is InChI=1S/C18H12Cl2N2O3S/c1-8-21-11-7-9(3-5-12(11)25-8)22-18(23)17-14(19)10-4-6-13(24-2)15(20)16(10)26-17/h3-7H,1-2H3,(H,22,23). The van der Waals surface area contributed by atoms with Crippen molar-refractivity contribution in [1.82, 2.24) is 4.98 Å². The Morgan fingerprint density at radius 3 is 2.81 bits per heavy atom. The molecule has 2 aromatic heterocycles. The van der Waals surface area contributed by atoms with Crippen LogP contribution in [-0.4, -0.2) is 18.0 Å². The summed E-state index contributed by atoms with van der Waals surface area (Å²) in [6.45, 7) is 1.77. The number of aromatic nitrogens is 1. The first-order chi connectivity index (χ1) is 12.5. The number of oxazole rings is 1. The van der Waals surface area contributed by atoms with Gasteiger partial charge in [0.1, 0.15) is 21.2 Å². The molecule has 1 N–H and O–H groups in total. The van der Waals surface area contributed by atoms with E-state index in [1.807, 2.05) is 0 Å². The number of carbonyl (C=O) groups excluding carboxylic acids is 1. The highest BCUT2D eigenvalue weighted by molar-refractivity contribution is 7.22. The highest BCUT2D eigenvalue weighted by Crippen LogP contribution is 2.43. The van der Waals surface area contributed by atoms with Crippen LogP contribution in [-0.2, 0) is 0 Å². The highest BCUT2D eigenvalue weighted by Gasteiger charge is 2.20. The second kappa shape index (κ2) is 6.46. The summed E-state index contributed by atoms with van der Waals surface area (Å²) in [5.74, 6) is 0.793. The lowest BCUT2D eigenvalue weighted by Crippen LogP contribution is -2.10. The molecule has 0 saturated heterocycles. The van der Waals surface area contributed by atoms with Gasteiger partial charge in [0.2, 0.25) is 0 Å². The van der Waals surface area contributed by atoms with E-state index in [0.717, 1.165) is 5.39 Å². The number of methoxy groups -OCH3 is 1. The van der Waals surface area contributed by atoms with Gasteiger partial charge in [-0.2, -0.15) is 0 Å². The summed E-state index contributed by atoms with van der Waals surface area (Å²) in [6.07, 6.45) is 0. The largest absolute Gasteiger partial charge is 0.495 e. The molecule has 2 aromatic carbocycles. The maximum atomic E-state index is 12.7. The van der Waals surface area contributed by atoms with E-state index < -0.39 is 0 Å². The van der Waals surface area contributed by atoms with Gasteiger partial charge >= 0.3 is 0 Å². The fraction of sp³-hybridized carbons (Fsp3) is 0.111. The van der Waals surface area contributed by atoms with Crippen molar-refractivity contribution in [2.24, 2.45) is 0 Å². The van der Waals surface area contributed by atoms with E-state index in [4.69, 9.17) is 32.4 Å². The number of ether oxygens (including phenoxy) is 1. The van der Waals surface area contributed by atoms with Gasteiger partial charge in [-0.05, 0) is 30.3 Å². The van der Waals surface area contributed by atoms with Crippen LogP contribution in [0.3, 0.4) is 0 Å². The molecule has 0 fully saturated rings. The second-order valence-electron chi connectivity index (χ2n) is 5.57. The first-order valence-corrected chi connectivity index (χ1v) is 9.18. The summed E-state index contributed by atoms with van der Waals surface area (Å²) >= 11 is 14.0. The van der Waals surface area contributed by atoms with E-state index in [0.29, 0.717) is 48.0 Å². The van der Waals surface area contributed by atoms with Gasteiger partial charge < -0.3 is 14.5 Å². The summed E-state index contributed by atoms with van der Waals surface area (Å²) in [5, 5.41) is 4.36. The fourth-order valence-electron chi connectivity index (χ4n) is 2.69. The summed E-state index contributed by atoms with van der Waals surface area (Å²) in [4.78, 5) is 17.4. The van der Waals surface area contributed by atoms with Crippen molar-refractivity contribution >= 4 is 67.3 Å². The Hall–Kier alpha value is -2.28. The molecule has 0 radical (unpaired) electrons. The number of amides is 1. The normalized spacial score (nSPS) is 11.2. The number of hydrogen-bond acceptors (Lipinski definition) is 5. The predicted molar refractivity (Wildman–Crippen MR) is 105 cm³/mol. The van der Waals surface area contributed by atoms with Gasteiger partial charge in [0.15, 0.2) is 11.5 Å². The maximum Gasteiger partial charge on any atom is 0.267 e. The van der Waals surface area contributed by atoms with Crippen LogP contribution >= 0.6 is 34.5 Å². The number of rotatable bonds is 3. The van der Waals surface area contributed by atoms with E-state index in [2.05, 4.69) is 10.3 Å². The molecule has 0 unspecified atom stereocenters. The quantitative estimate of drug-likeness (QED) is 0.458. The smallest absolute Gasteiger partial charge is 0.267 e. The zero-order valence-corrected chi connectivity index (χ0v) is 16.1. The van der Waals surface area contributed by atoms with Crippen LogP contribution in [0.25, 0.3) is 21.2 Å². The maximum absolute atomic E-state index is 12.7. The van der Waals surface area contributed by atoms with Gasteiger partial charge in [-0.15, -0.1) is 11.3 Å². The van der Waals surface area contributed by atoms with Crippen molar-refractivity contribution in [1.29, 1.82) is 0 Å². The Morgan fingerprint density at radius 1 is 1.23 bits per heavy atom. The number of nitrogens with zero attached hydrogens (tertiary/aromatic N) is 1. The van der Waals surface area contributed by atoms with Crippen LogP contribution in [0.5, 0.6) is 5.75 Å². The Labute approximate surface area is 162 Å². The predicted octanol–water partition coefficient (Wildman–Crippen LogP) is 5.92. The number of carbonyl (C=O) groups is 1. The number of benzene rings is 2. The van der Waals surface area contributed by atoms with Gasteiger partial charge in [0.25, 0.3) is 5.91 Å². The van der Waals surface area contributed by atoms with E-state index >= 15 is 0 Å². The van der Waals surface area contributed by atoms with Gasteiger partial charge in [-0.1, -0.05) is 23.2 Å². The SMILES string of the molecule is COc1ccc2c(Cl)c(C(=O)Nc3ccc4oc(C)nc4c3)sc2c1Cl. The average Bonchev–Trinajstić information content (AvgIpc) is 3.15. The topological polar surface area (TPSA) is 64.4 Å². The molecule has 0 saturated carbocycles. The molecule has 2 heterocycles. The molecule has 0 aliphatic heterocycles. The Morgan fingerprint density at radius 2 is 2.04 bits per heavy atom. The number of fused-ring (bicyclic) bond motifs is 2. The van der Waals surface area contributed by atoms with Crippen molar-refractivity contribution in [2.45, 2.75) is 6.92 Å². The van der Waals surface area contributed by atoms with Crippen LogP contribution in [0.4, 0.5) is 5.69 Å². The molecule has 26 heavy (non-hydrogen) atoms. The average molecular weight is 407 g/mol. The Kier molecular flexibility index (Phi) is 4.26. The molecule has 132 valence electrons. The van der Waals surface area contributed by atoms with E-state index in [1.165, 1.54) is 18.4 Å². The molecule has 5 nitrogen and oxygen atoms in total. The second-order valence-corrected chi connectivity index (χ2v) is 7.35. The molecule has 0 bridgehead atoms. The molecule has 0 atom stereocenters. The van der Waals surface area contributed by atoms with Crippen molar-refractivity contribution < 1.29 is 13.9 Å². The monoisotopic (exact) mass is 406 g/mol. The molecule has 0 spiro atoms. The first kappa shape index (κ1) is 17.1. The lowest BCUT2D eigenvalue weighted by molar-refractivity contribution is 0.103.